The van der Waals surface area contributed by atoms with Crippen molar-refractivity contribution in [2.24, 2.45) is 5.92 Å². The Balaban J connectivity index is 2.73. The van der Waals surface area contributed by atoms with Crippen molar-refractivity contribution in [2.45, 2.75) is 20.3 Å². The lowest BCUT2D eigenvalue weighted by Crippen LogP contribution is -2.25. The van der Waals surface area contributed by atoms with Crippen LogP contribution in [0.1, 0.15) is 18.9 Å². The van der Waals surface area contributed by atoms with Gasteiger partial charge in [0.15, 0.2) is 0 Å². The van der Waals surface area contributed by atoms with E-state index < -0.39 is 0 Å². The normalized spacial score (nSPS) is 12.2. The van der Waals surface area contributed by atoms with Crippen LogP contribution >= 0.6 is 15.9 Å². The minimum Gasteiger partial charge on any atom is -0.396 e. The molecular formula is C12H16BrNO2. The number of halogens is 1. The Hall–Kier alpha value is -0.870. The van der Waals surface area contributed by atoms with E-state index >= 15 is 0 Å². The maximum Gasteiger partial charge on any atom is 0.229 e. The number of carbonyl (C=O) groups excluding carboxylic acids is 1. The summed E-state index contributed by atoms with van der Waals surface area (Å²) in [5.41, 5.74) is 1.86. The molecule has 1 aromatic carbocycles. The minimum absolute atomic E-state index is 0.116. The Morgan fingerprint density at radius 3 is 2.75 bits per heavy atom. The van der Waals surface area contributed by atoms with E-state index in [-0.39, 0.29) is 18.4 Å². The molecule has 0 radical (unpaired) electrons. The molecule has 1 atom stereocenters. The van der Waals surface area contributed by atoms with Crippen LogP contribution in [-0.4, -0.2) is 17.6 Å². The zero-order chi connectivity index (χ0) is 12.1. The highest BCUT2D eigenvalue weighted by Crippen LogP contribution is 2.21. The molecule has 0 aromatic heterocycles. The van der Waals surface area contributed by atoms with Crippen molar-refractivity contribution >= 4 is 27.5 Å². The first kappa shape index (κ1) is 13.2. The standard InChI is InChI=1S/C12H16BrNO2/c1-3-9(7-15)12(16)14-10-5-4-8(2)11(13)6-10/h4-6,9,15H,3,7H2,1-2H3,(H,14,16). The van der Waals surface area contributed by atoms with Crippen LogP contribution in [0, 0.1) is 12.8 Å². The number of aliphatic hydroxyl groups excluding tert-OH is 1. The number of anilines is 1. The molecule has 1 rings (SSSR count). The molecule has 16 heavy (non-hydrogen) atoms. The number of nitrogens with one attached hydrogen (secondary N) is 1. The zero-order valence-electron chi connectivity index (χ0n) is 9.46. The van der Waals surface area contributed by atoms with Gasteiger partial charge in [-0.15, -0.1) is 0 Å². The van der Waals surface area contributed by atoms with Gasteiger partial charge >= 0.3 is 0 Å². The summed E-state index contributed by atoms with van der Waals surface area (Å²) in [6.07, 6.45) is 0.634. The zero-order valence-corrected chi connectivity index (χ0v) is 11.0. The van der Waals surface area contributed by atoms with Crippen LogP contribution in [0.2, 0.25) is 0 Å². The summed E-state index contributed by atoms with van der Waals surface area (Å²) in [5.74, 6) is -0.471. The predicted molar refractivity (Wildman–Crippen MR) is 68.4 cm³/mol. The van der Waals surface area contributed by atoms with Crippen molar-refractivity contribution in [2.75, 3.05) is 11.9 Å². The number of aryl methyl sites for hydroxylation is 1. The van der Waals surface area contributed by atoms with E-state index in [1.54, 1.807) is 0 Å². The first-order valence-electron chi connectivity index (χ1n) is 5.26. The molecule has 4 heteroatoms. The van der Waals surface area contributed by atoms with Crippen molar-refractivity contribution in [3.8, 4) is 0 Å². The number of hydrogen-bond acceptors (Lipinski definition) is 2. The Morgan fingerprint density at radius 1 is 1.56 bits per heavy atom. The van der Waals surface area contributed by atoms with Crippen LogP contribution in [-0.2, 0) is 4.79 Å². The number of benzene rings is 1. The first-order chi connectivity index (χ1) is 7.58. The Morgan fingerprint density at radius 2 is 2.25 bits per heavy atom. The second-order valence-corrected chi connectivity index (χ2v) is 4.60. The molecule has 0 bridgehead atoms. The van der Waals surface area contributed by atoms with Gasteiger partial charge in [-0.3, -0.25) is 4.79 Å². The third-order valence-corrected chi connectivity index (χ3v) is 3.38. The number of rotatable bonds is 4. The van der Waals surface area contributed by atoms with E-state index in [9.17, 15) is 4.79 Å². The fraction of sp³-hybridized carbons (Fsp3) is 0.417. The molecule has 0 saturated carbocycles. The van der Waals surface area contributed by atoms with E-state index in [4.69, 9.17) is 5.11 Å². The Bertz CT molecular complexity index is 375. The molecule has 2 N–H and O–H groups in total. The van der Waals surface area contributed by atoms with Crippen LogP contribution in [0.3, 0.4) is 0 Å². The maximum absolute atomic E-state index is 11.7. The summed E-state index contributed by atoms with van der Waals surface area (Å²) in [4.78, 5) is 11.7. The van der Waals surface area contributed by atoms with E-state index in [0.29, 0.717) is 6.42 Å². The van der Waals surface area contributed by atoms with Gasteiger partial charge in [0.1, 0.15) is 0 Å². The lowest BCUT2D eigenvalue weighted by molar-refractivity contribution is -0.121. The SMILES string of the molecule is CCC(CO)C(=O)Nc1ccc(C)c(Br)c1. The first-order valence-corrected chi connectivity index (χ1v) is 6.05. The van der Waals surface area contributed by atoms with Crippen molar-refractivity contribution in [1.82, 2.24) is 0 Å². The summed E-state index contributed by atoms with van der Waals surface area (Å²) in [6, 6.07) is 5.64. The summed E-state index contributed by atoms with van der Waals surface area (Å²) < 4.78 is 0.961. The third kappa shape index (κ3) is 3.32. The second kappa shape index (κ2) is 6.01. The fourth-order valence-electron chi connectivity index (χ4n) is 1.31. The topological polar surface area (TPSA) is 49.3 Å². The van der Waals surface area contributed by atoms with Gasteiger partial charge in [0.2, 0.25) is 5.91 Å². The summed E-state index contributed by atoms with van der Waals surface area (Å²) in [6.45, 7) is 3.75. The quantitative estimate of drug-likeness (QED) is 0.894. The van der Waals surface area contributed by atoms with E-state index in [1.165, 1.54) is 0 Å². The largest absolute Gasteiger partial charge is 0.396 e. The molecule has 1 aromatic rings. The third-order valence-electron chi connectivity index (χ3n) is 2.52. The highest BCUT2D eigenvalue weighted by atomic mass is 79.9. The van der Waals surface area contributed by atoms with Gasteiger partial charge in [-0.2, -0.15) is 0 Å². The van der Waals surface area contributed by atoms with E-state index in [1.807, 2.05) is 32.0 Å². The number of carbonyl (C=O) groups is 1. The van der Waals surface area contributed by atoms with Gasteiger partial charge in [0.05, 0.1) is 12.5 Å². The summed E-state index contributed by atoms with van der Waals surface area (Å²) in [5, 5.41) is 11.8. The predicted octanol–water partition coefficient (Wildman–Crippen LogP) is 2.71. The van der Waals surface area contributed by atoms with Crippen LogP contribution < -0.4 is 5.32 Å². The van der Waals surface area contributed by atoms with Crippen LogP contribution in [0.25, 0.3) is 0 Å². The molecule has 0 fully saturated rings. The molecule has 0 spiro atoms. The molecule has 3 nitrogen and oxygen atoms in total. The Labute approximate surface area is 104 Å². The van der Waals surface area contributed by atoms with Crippen LogP contribution in [0.5, 0.6) is 0 Å². The molecule has 1 amide bonds. The smallest absolute Gasteiger partial charge is 0.229 e. The highest BCUT2D eigenvalue weighted by molar-refractivity contribution is 9.10. The van der Waals surface area contributed by atoms with Crippen molar-refractivity contribution in [1.29, 1.82) is 0 Å². The second-order valence-electron chi connectivity index (χ2n) is 3.74. The van der Waals surface area contributed by atoms with Crippen molar-refractivity contribution in [3.63, 3.8) is 0 Å². The average molecular weight is 286 g/mol. The lowest BCUT2D eigenvalue weighted by Gasteiger charge is -2.12. The van der Waals surface area contributed by atoms with Crippen molar-refractivity contribution in [3.05, 3.63) is 28.2 Å². The maximum atomic E-state index is 11.7. The van der Waals surface area contributed by atoms with Gasteiger partial charge in [-0.05, 0) is 31.0 Å². The van der Waals surface area contributed by atoms with Gasteiger partial charge < -0.3 is 10.4 Å². The van der Waals surface area contributed by atoms with Crippen LogP contribution in [0.15, 0.2) is 22.7 Å². The molecule has 88 valence electrons. The Kier molecular flexibility index (Phi) is 4.96. The molecule has 0 aliphatic heterocycles. The minimum atomic E-state index is -0.333. The molecular weight excluding hydrogens is 270 g/mol. The van der Waals surface area contributed by atoms with Gasteiger partial charge in [-0.25, -0.2) is 0 Å². The molecule has 0 aliphatic carbocycles. The lowest BCUT2D eigenvalue weighted by atomic mass is 10.1. The highest BCUT2D eigenvalue weighted by Gasteiger charge is 2.15. The summed E-state index contributed by atoms with van der Waals surface area (Å²) >= 11 is 3.41. The summed E-state index contributed by atoms with van der Waals surface area (Å²) in [7, 11) is 0. The van der Waals surface area contributed by atoms with E-state index in [0.717, 1.165) is 15.7 Å². The average Bonchev–Trinajstić information content (AvgIpc) is 2.25. The molecule has 0 aliphatic rings. The molecule has 0 heterocycles. The molecule has 0 saturated heterocycles. The monoisotopic (exact) mass is 285 g/mol. The number of hydrogen-bond donors (Lipinski definition) is 2. The van der Waals surface area contributed by atoms with Gasteiger partial charge in [0.25, 0.3) is 0 Å². The van der Waals surface area contributed by atoms with Gasteiger partial charge in [0, 0.05) is 10.2 Å². The van der Waals surface area contributed by atoms with Crippen LogP contribution in [0.4, 0.5) is 5.69 Å². The van der Waals surface area contributed by atoms with E-state index in [2.05, 4.69) is 21.2 Å². The number of amides is 1. The fourth-order valence-corrected chi connectivity index (χ4v) is 1.69. The van der Waals surface area contributed by atoms with Gasteiger partial charge in [-0.1, -0.05) is 28.9 Å². The molecule has 1 unspecified atom stereocenters. The van der Waals surface area contributed by atoms with Crippen molar-refractivity contribution < 1.29 is 9.90 Å². The number of aliphatic hydroxyl groups is 1.